The Morgan fingerprint density at radius 1 is 0.806 bits per heavy atom. The lowest BCUT2D eigenvalue weighted by Crippen LogP contribution is -2.51. The van der Waals surface area contributed by atoms with Gasteiger partial charge in [-0.3, -0.25) is 19.2 Å². The molecule has 1 rings (SSSR count). The van der Waals surface area contributed by atoms with Crippen LogP contribution in [-0.2, 0) is 25.6 Å². The van der Waals surface area contributed by atoms with Gasteiger partial charge in [0.25, 0.3) is 0 Å². The summed E-state index contributed by atoms with van der Waals surface area (Å²) >= 11 is 0. The van der Waals surface area contributed by atoms with Gasteiger partial charge in [0.05, 0.1) is 19.6 Å². The molecule has 4 N–H and O–H groups in total. The van der Waals surface area contributed by atoms with E-state index >= 15 is 0 Å². The van der Waals surface area contributed by atoms with Crippen LogP contribution in [0.4, 0.5) is 0 Å². The summed E-state index contributed by atoms with van der Waals surface area (Å²) in [7, 11) is 0. The molecule has 3 amide bonds. The molecule has 0 spiro atoms. The summed E-state index contributed by atoms with van der Waals surface area (Å²) in [6, 6.07) is 8.40. The zero-order chi connectivity index (χ0) is 24.1. The Hall–Kier alpha value is -2.74. The summed E-state index contributed by atoms with van der Waals surface area (Å²) < 4.78 is 0. The highest BCUT2D eigenvalue weighted by Crippen LogP contribution is 2.03. The van der Waals surface area contributed by atoms with Crippen LogP contribution < -0.4 is 21.3 Å². The second-order valence-corrected chi connectivity index (χ2v) is 5.98. The van der Waals surface area contributed by atoms with Crippen LogP contribution >= 0.6 is 0 Å². The van der Waals surface area contributed by atoms with E-state index in [4.69, 9.17) is 0 Å². The fraction of sp³-hybridized carbons (Fsp3) is 0.565. The second-order valence-electron chi connectivity index (χ2n) is 5.98. The Kier molecular flexibility index (Phi) is 20.2. The summed E-state index contributed by atoms with van der Waals surface area (Å²) in [5.41, 5.74) is 0.871. The molecule has 0 fully saturated rings. The van der Waals surface area contributed by atoms with Gasteiger partial charge in [-0.1, -0.05) is 71.9 Å². The number of hydrogen-bond acceptors (Lipinski definition) is 5. The van der Waals surface area contributed by atoms with Crippen LogP contribution in [0.25, 0.3) is 0 Å². The molecule has 1 aromatic carbocycles. The van der Waals surface area contributed by atoms with Crippen LogP contribution in [0.2, 0.25) is 0 Å². The van der Waals surface area contributed by atoms with E-state index in [0.29, 0.717) is 13.0 Å². The summed E-state index contributed by atoms with van der Waals surface area (Å²) in [5.74, 6) is -1.31. The van der Waals surface area contributed by atoms with Crippen molar-refractivity contribution in [3.05, 3.63) is 35.9 Å². The standard InChI is InChI=1S/C19H28N4O4.2C2H6/c1-3-15(24)11-22-19(27)16(10-14-8-6-5-7-9-14)23-18(26)13-21-17(25)12-20-4-2;2*1-2/h5-9,16,20H,3-4,10-13H2,1-2H3,(H,21,25)(H,22,27)(H,23,26);2*1-2H3. The van der Waals surface area contributed by atoms with Gasteiger partial charge in [0.2, 0.25) is 17.7 Å². The van der Waals surface area contributed by atoms with Crippen molar-refractivity contribution in [1.82, 2.24) is 21.3 Å². The monoisotopic (exact) mass is 436 g/mol. The summed E-state index contributed by atoms with van der Waals surface area (Å²) in [5, 5.41) is 10.5. The van der Waals surface area contributed by atoms with E-state index in [2.05, 4.69) is 21.3 Å². The van der Waals surface area contributed by atoms with E-state index in [-0.39, 0.29) is 37.7 Å². The summed E-state index contributed by atoms with van der Waals surface area (Å²) in [6.45, 7) is 12.1. The molecule has 1 unspecified atom stereocenters. The third-order valence-electron chi connectivity index (χ3n) is 3.77. The Labute approximate surface area is 186 Å². The summed E-state index contributed by atoms with van der Waals surface area (Å²) in [4.78, 5) is 47.5. The Morgan fingerprint density at radius 2 is 1.42 bits per heavy atom. The Morgan fingerprint density at radius 3 is 1.97 bits per heavy atom. The molecule has 31 heavy (non-hydrogen) atoms. The van der Waals surface area contributed by atoms with E-state index in [9.17, 15) is 19.2 Å². The molecule has 176 valence electrons. The van der Waals surface area contributed by atoms with Crippen molar-refractivity contribution in [3.8, 4) is 0 Å². The lowest BCUT2D eigenvalue weighted by molar-refractivity contribution is -0.130. The molecule has 0 radical (unpaired) electrons. The number of carbonyl (C=O) groups excluding carboxylic acids is 4. The van der Waals surface area contributed by atoms with Crippen molar-refractivity contribution < 1.29 is 19.2 Å². The molecule has 0 saturated heterocycles. The number of rotatable bonds is 12. The molecule has 1 aromatic rings. The van der Waals surface area contributed by atoms with Crippen LogP contribution in [0.3, 0.4) is 0 Å². The Balaban J connectivity index is 0. The quantitative estimate of drug-likeness (QED) is 0.397. The van der Waals surface area contributed by atoms with Gasteiger partial charge in [0.1, 0.15) is 6.04 Å². The molecule has 8 nitrogen and oxygen atoms in total. The lowest BCUT2D eigenvalue weighted by atomic mass is 10.1. The fourth-order valence-electron chi connectivity index (χ4n) is 2.22. The van der Waals surface area contributed by atoms with Gasteiger partial charge in [-0.2, -0.15) is 0 Å². The normalized spacial score (nSPS) is 10.3. The number of Topliss-reactive ketones (excluding diaryl/α,β-unsaturated/α-hetero) is 1. The van der Waals surface area contributed by atoms with Gasteiger partial charge >= 0.3 is 0 Å². The smallest absolute Gasteiger partial charge is 0.243 e. The number of likely N-dealkylation sites (N-methyl/N-ethyl adjacent to an activating group) is 1. The fourth-order valence-corrected chi connectivity index (χ4v) is 2.22. The predicted octanol–water partition coefficient (Wildman–Crippen LogP) is 1.59. The van der Waals surface area contributed by atoms with Crippen LogP contribution in [0.1, 0.15) is 53.5 Å². The van der Waals surface area contributed by atoms with Gasteiger partial charge in [-0.05, 0) is 12.1 Å². The zero-order valence-electron chi connectivity index (χ0n) is 19.8. The summed E-state index contributed by atoms with van der Waals surface area (Å²) in [6.07, 6.45) is 0.609. The average Bonchev–Trinajstić information content (AvgIpc) is 2.82. The third-order valence-corrected chi connectivity index (χ3v) is 3.77. The van der Waals surface area contributed by atoms with Crippen molar-refractivity contribution in [2.75, 3.05) is 26.2 Å². The van der Waals surface area contributed by atoms with Crippen LogP contribution in [0.5, 0.6) is 0 Å². The first-order valence-electron chi connectivity index (χ1n) is 11.1. The Bertz CT molecular complexity index is 636. The number of benzene rings is 1. The highest BCUT2D eigenvalue weighted by atomic mass is 16.2. The first-order chi connectivity index (χ1) is 15.0. The van der Waals surface area contributed by atoms with Gasteiger partial charge in [0.15, 0.2) is 5.78 Å². The molecule has 0 heterocycles. The topological polar surface area (TPSA) is 116 Å². The molecule has 8 heteroatoms. The van der Waals surface area contributed by atoms with E-state index < -0.39 is 17.9 Å². The predicted molar refractivity (Wildman–Crippen MR) is 125 cm³/mol. The minimum Gasteiger partial charge on any atom is -0.347 e. The average molecular weight is 437 g/mol. The van der Waals surface area contributed by atoms with Gasteiger partial charge < -0.3 is 21.3 Å². The highest BCUT2D eigenvalue weighted by Gasteiger charge is 2.21. The zero-order valence-corrected chi connectivity index (χ0v) is 19.8. The lowest BCUT2D eigenvalue weighted by Gasteiger charge is -2.19. The number of amides is 3. The van der Waals surface area contributed by atoms with Crippen molar-refractivity contribution in [2.45, 2.75) is 60.4 Å². The van der Waals surface area contributed by atoms with Gasteiger partial charge in [-0.15, -0.1) is 0 Å². The van der Waals surface area contributed by atoms with Crippen LogP contribution in [-0.4, -0.2) is 55.7 Å². The molecule has 0 bridgehead atoms. The molecule has 0 aromatic heterocycles. The van der Waals surface area contributed by atoms with E-state index in [1.54, 1.807) is 6.92 Å². The molecule has 1 atom stereocenters. The van der Waals surface area contributed by atoms with E-state index in [0.717, 1.165) is 5.56 Å². The first kappa shape index (κ1) is 30.5. The number of ketones is 1. The number of nitrogens with one attached hydrogen (secondary N) is 4. The SMILES string of the molecule is CC.CC.CCNCC(=O)NCC(=O)NC(Cc1ccccc1)C(=O)NCC(=O)CC. The van der Waals surface area contributed by atoms with Gasteiger partial charge in [0, 0.05) is 12.8 Å². The van der Waals surface area contributed by atoms with Crippen LogP contribution in [0.15, 0.2) is 30.3 Å². The van der Waals surface area contributed by atoms with Crippen molar-refractivity contribution in [1.29, 1.82) is 0 Å². The minimum atomic E-state index is -0.838. The molecule has 0 aliphatic rings. The van der Waals surface area contributed by atoms with E-state index in [1.165, 1.54) is 0 Å². The van der Waals surface area contributed by atoms with Crippen LogP contribution in [0, 0.1) is 0 Å². The molecule has 0 aliphatic heterocycles. The first-order valence-corrected chi connectivity index (χ1v) is 11.1. The molecule has 0 aliphatic carbocycles. The van der Waals surface area contributed by atoms with Crippen molar-refractivity contribution in [2.24, 2.45) is 0 Å². The highest BCUT2D eigenvalue weighted by molar-refractivity contribution is 5.92. The number of carbonyl (C=O) groups is 4. The number of hydrogen-bond donors (Lipinski definition) is 4. The maximum Gasteiger partial charge on any atom is 0.243 e. The van der Waals surface area contributed by atoms with Crippen molar-refractivity contribution in [3.63, 3.8) is 0 Å². The molecular formula is C23H40N4O4. The maximum absolute atomic E-state index is 12.4. The maximum atomic E-state index is 12.4. The van der Waals surface area contributed by atoms with Gasteiger partial charge in [-0.25, -0.2) is 0 Å². The van der Waals surface area contributed by atoms with E-state index in [1.807, 2.05) is 65.0 Å². The molecular weight excluding hydrogens is 396 g/mol. The minimum absolute atomic E-state index is 0.0735. The second kappa shape index (κ2) is 20.5. The largest absolute Gasteiger partial charge is 0.347 e. The third kappa shape index (κ3) is 15.7. The molecule has 0 saturated carbocycles. The van der Waals surface area contributed by atoms with Crippen molar-refractivity contribution >= 4 is 23.5 Å².